The summed E-state index contributed by atoms with van der Waals surface area (Å²) in [4.78, 5) is 25.3. The zero-order chi connectivity index (χ0) is 22.1. The highest BCUT2D eigenvalue weighted by molar-refractivity contribution is 5.91. The molecule has 158 valence electrons. The highest BCUT2D eigenvalue weighted by Crippen LogP contribution is 2.24. The van der Waals surface area contributed by atoms with Crippen molar-refractivity contribution in [2.45, 2.75) is 39.2 Å². The standard InChI is InChI=1S/C24H28N2O4/c1-24(2,3)20-10-12-21(13-11-20)29-16-18-6-8-19(9-7-18)23(28)30-17-22(27)26(4)15-5-14-25/h6-13H,5,15-17H2,1-4H3. The van der Waals surface area contributed by atoms with Crippen LogP contribution >= 0.6 is 0 Å². The summed E-state index contributed by atoms with van der Waals surface area (Å²) in [5.41, 5.74) is 2.62. The summed E-state index contributed by atoms with van der Waals surface area (Å²) >= 11 is 0. The first-order valence-corrected chi connectivity index (χ1v) is 9.81. The number of ether oxygens (including phenoxy) is 2. The Kier molecular flexibility index (Phi) is 7.99. The molecule has 0 saturated heterocycles. The molecule has 1 amide bonds. The van der Waals surface area contributed by atoms with Crippen LogP contribution in [0.2, 0.25) is 0 Å². The van der Waals surface area contributed by atoms with Crippen LogP contribution in [0, 0.1) is 11.3 Å². The lowest BCUT2D eigenvalue weighted by molar-refractivity contribution is -0.133. The Morgan fingerprint density at radius 3 is 2.23 bits per heavy atom. The maximum absolute atomic E-state index is 12.1. The Hall–Kier alpha value is -3.33. The molecule has 2 aromatic rings. The van der Waals surface area contributed by atoms with Crippen LogP contribution < -0.4 is 4.74 Å². The van der Waals surface area contributed by atoms with Crippen molar-refractivity contribution in [1.82, 2.24) is 4.90 Å². The molecular weight excluding hydrogens is 380 g/mol. The molecule has 0 bridgehead atoms. The molecule has 2 rings (SSSR count). The summed E-state index contributed by atoms with van der Waals surface area (Å²) in [7, 11) is 1.57. The molecule has 0 unspecified atom stereocenters. The molecule has 0 aliphatic carbocycles. The maximum atomic E-state index is 12.1. The van der Waals surface area contributed by atoms with Gasteiger partial charge in [0.1, 0.15) is 12.4 Å². The Morgan fingerprint density at radius 1 is 1.03 bits per heavy atom. The van der Waals surface area contributed by atoms with Crippen LogP contribution in [-0.4, -0.2) is 37.0 Å². The van der Waals surface area contributed by atoms with Crippen LogP contribution in [0.1, 0.15) is 48.7 Å². The largest absolute Gasteiger partial charge is 0.489 e. The lowest BCUT2D eigenvalue weighted by atomic mass is 9.87. The number of hydrogen-bond acceptors (Lipinski definition) is 5. The third-order valence-corrected chi connectivity index (χ3v) is 4.63. The topological polar surface area (TPSA) is 79.6 Å². The van der Waals surface area contributed by atoms with Gasteiger partial charge in [-0.15, -0.1) is 0 Å². The van der Waals surface area contributed by atoms with Gasteiger partial charge in [0.05, 0.1) is 18.1 Å². The van der Waals surface area contributed by atoms with Gasteiger partial charge >= 0.3 is 5.97 Å². The molecule has 30 heavy (non-hydrogen) atoms. The quantitative estimate of drug-likeness (QED) is 0.615. The average molecular weight is 408 g/mol. The summed E-state index contributed by atoms with van der Waals surface area (Å²) in [6, 6.07) is 16.9. The van der Waals surface area contributed by atoms with Crippen molar-refractivity contribution in [3.63, 3.8) is 0 Å². The van der Waals surface area contributed by atoms with E-state index in [1.54, 1.807) is 31.3 Å². The summed E-state index contributed by atoms with van der Waals surface area (Å²) in [6.45, 7) is 6.83. The summed E-state index contributed by atoms with van der Waals surface area (Å²) in [5.74, 6) is -0.131. The van der Waals surface area contributed by atoms with E-state index in [1.165, 1.54) is 10.5 Å². The van der Waals surface area contributed by atoms with Gasteiger partial charge in [-0.05, 0) is 40.8 Å². The monoisotopic (exact) mass is 408 g/mol. The van der Waals surface area contributed by atoms with Crippen LogP contribution in [0.15, 0.2) is 48.5 Å². The first-order chi connectivity index (χ1) is 14.2. The Balaban J connectivity index is 1.83. The number of esters is 1. The molecule has 0 aliphatic rings. The van der Waals surface area contributed by atoms with Crippen molar-refractivity contribution >= 4 is 11.9 Å². The normalized spacial score (nSPS) is 10.8. The minimum atomic E-state index is -0.567. The Morgan fingerprint density at radius 2 is 1.67 bits per heavy atom. The van der Waals surface area contributed by atoms with Gasteiger partial charge in [-0.2, -0.15) is 5.26 Å². The number of nitriles is 1. The molecule has 0 aromatic heterocycles. The van der Waals surface area contributed by atoms with E-state index in [0.717, 1.165) is 11.3 Å². The Labute approximate surface area is 178 Å². The fourth-order valence-corrected chi connectivity index (χ4v) is 2.62. The van der Waals surface area contributed by atoms with Gasteiger partial charge in [0.25, 0.3) is 5.91 Å². The van der Waals surface area contributed by atoms with E-state index >= 15 is 0 Å². The van der Waals surface area contributed by atoms with E-state index in [-0.39, 0.29) is 24.3 Å². The third kappa shape index (κ3) is 6.93. The van der Waals surface area contributed by atoms with Crippen molar-refractivity contribution in [2.75, 3.05) is 20.2 Å². The highest BCUT2D eigenvalue weighted by atomic mass is 16.5. The van der Waals surface area contributed by atoms with Crippen LogP contribution in [-0.2, 0) is 21.6 Å². The number of amides is 1. The zero-order valence-electron chi connectivity index (χ0n) is 18.0. The van der Waals surface area contributed by atoms with Crippen LogP contribution in [0.3, 0.4) is 0 Å². The lowest BCUT2D eigenvalue weighted by Gasteiger charge is -2.19. The number of benzene rings is 2. The molecule has 6 heteroatoms. The molecule has 0 fully saturated rings. The first-order valence-electron chi connectivity index (χ1n) is 9.81. The number of hydrogen-bond donors (Lipinski definition) is 0. The summed E-state index contributed by atoms with van der Waals surface area (Å²) in [5, 5.41) is 8.55. The number of carbonyl (C=O) groups is 2. The van der Waals surface area contributed by atoms with Gasteiger partial charge < -0.3 is 14.4 Å². The fourth-order valence-electron chi connectivity index (χ4n) is 2.62. The van der Waals surface area contributed by atoms with E-state index < -0.39 is 5.97 Å². The number of rotatable bonds is 8. The van der Waals surface area contributed by atoms with Crippen molar-refractivity contribution in [1.29, 1.82) is 5.26 Å². The average Bonchev–Trinajstić information content (AvgIpc) is 2.74. The lowest BCUT2D eigenvalue weighted by Crippen LogP contribution is -2.31. The second kappa shape index (κ2) is 10.4. The number of likely N-dealkylation sites (N-methyl/N-ethyl adjacent to an activating group) is 1. The van der Waals surface area contributed by atoms with Gasteiger partial charge in [0.15, 0.2) is 6.61 Å². The molecule has 2 aromatic carbocycles. The summed E-state index contributed by atoms with van der Waals surface area (Å²) < 4.78 is 10.9. The highest BCUT2D eigenvalue weighted by Gasteiger charge is 2.14. The van der Waals surface area contributed by atoms with Crippen LogP contribution in [0.5, 0.6) is 5.75 Å². The molecule has 0 saturated carbocycles. The van der Waals surface area contributed by atoms with E-state index in [1.807, 2.05) is 18.2 Å². The van der Waals surface area contributed by atoms with Gasteiger partial charge in [0, 0.05) is 13.6 Å². The second-order valence-corrected chi connectivity index (χ2v) is 8.06. The Bertz CT molecular complexity index is 891. The maximum Gasteiger partial charge on any atom is 0.338 e. The molecule has 6 nitrogen and oxygen atoms in total. The van der Waals surface area contributed by atoms with E-state index in [2.05, 4.69) is 32.9 Å². The van der Waals surface area contributed by atoms with Crippen molar-refractivity contribution in [3.05, 3.63) is 65.2 Å². The predicted octanol–water partition coefficient (Wildman–Crippen LogP) is 4.09. The number of nitrogens with zero attached hydrogens (tertiary/aromatic N) is 2. The predicted molar refractivity (Wildman–Crippen MR) is 114 cm³/mol. The van der Waals surface area contributed by atoms with Gasteiger partial charge in [0.2, 0.25) is 0 Å². The minimum absolute atomic E-state index is 0.0969. The summed E-state index contributed by atoms with van der Waals surface area (Å²) in [6.07, 6.45) is 0.237. The van der Waals surface area contributed by atoms with Gasteiger partial charge in [-0.25, -0.2) is 4.79 Å². The minimum Gasteiger partial charge on any atom is -0.489 e. The SMILES string of the molecule is CN(CCC#N)C(=O)COC(=O)c1ccc(COc2ccc(C(C)(C)C)cc2)cc1. The van der Waals surface area contributed by atoms with Crippen LogP contribution in [0.4, 0.5) is 0 Å². The van der Waals surface area contributed by atoms with E-state index in [4.69, 9.17) is 14.7 Å². The molecule has 0 radical (unpaired) electrons. The van der Waals surface area contributed by atoms with Crippen molar-refractivity contribution in [3.8, 4) is 11.8 Å². The van der Waals surface area contributed by atoms with E-state index in [9.17, 15) is 9.59 Å². The van der Waals surface area contributed by atoms with Gasteiger partial charge in [-0.1, -0.05) is 45.0 Å². The number of carbonyl (C=O) groups excluding carboxylic acids is 2. The third-order valence-electron chi connectivity index (χ3n) is 4.63. The van der Waals surface area contributed by atoms with Crippen molar-refractivity contribution < 1.29 is 19.1 Å². The van der Waals surface area contributed by atoms with Gasteiger partial charge in [-0.3, -0.25) is 4.79 Å². The zero-order valence-corrected chi connectivity index (χ0v) is 18.0. The van der Waals surface area contributed by atoms with Crippen LogP contribution in [0.25, 0.3) is 0 Å². The van der Waals surface area contributed by atoms with Crippen molar-refractivity contribution in [2.24, 2.45) is 0 Å². The fraction of sp³-hybridized carbons (Fsp3) is 0.375. The van der Waals surface area contributed by atoms with E-state index in [0.29, 0.717) is 18.7 Å². The molecular formula is C24H28N2O4. The molecule has 0 spiro atoms. The molecule has 0 heterocycles. The second-order valence-electron chi connectivity index (χ2n) is 8.06. The first kappa shape index (κ1) is 23.0. The molecule has 0 N–H and O–H groups in total. The molecule has 0 atom stereocenters. The molecule has 0 aliphatic heterocycles. The smallest absolute Gasteiger partial charge is 0.338 e.